The van der Waals surface area contributed by atoms with Crippen LogP contribution in [-0.4, -0.2) is 50.5 Å². The van der Waals surface area contributed by atoms with E-state index in [9.17, 15) is 9.59 Å². The van der Waals surface area contributed by atoms with Crippen molar-refractivity contribution in [1.29, 1.82) is 0 Å². The summed E-state index contributed by atoms with van der Waals surface area (Å²) < 4.78 is 5.25. The molecule has 2 aromatic carbocycles. The Morgan fingerprint density at radius 2 is 1.70 bits per heavy atom. The summed E-state index contributed by atoms with van der Waals surface area (Å²) in [7, 11) is 3.35. The number of anilines is 1. The minimum Gasteiger partial charge on any atom is -0.495 e. The standard InChI is InChI=1S/C21H27N3O3/c1-4-24(15-20(25)22-18-12-8-9-13-19(18)27-3)16-21(26)23(2)14-17-10-6-5-7-11-17/h5-13H,4,14-16H2,1-3H3,(H,22,25)/p+1. The number of nitrogens with zero attached hydrogens (tertiary/aromatic N) is 1. The third-order valence-electron chi connectivity index (χ3n) is 4.38. The fraction of sp³-hybridized carbons (Fsp3) is 0.333. The van der Waals surface area contributed by atoms with Gasteiger partial charge in [0, 0.05) is 13.6 Å². The molecule has 0 aromatic heterocycles. The molecule has 0 heterocycles. The molecule has 1 atom stereocenters. The Labute approximate surface area is 160 Å². The van der Waals surface area contributed by atoms with E-state index in [1.54, 1.807) is 31.2 Å². The van der Waals surface area contributed by atoms with Crippen molar-refractivity contribution >= 4 is 17.5 Å². The Balaban J connectivity index is 1.88. The number of methoxy groups -OCH3 is 1. The van der Waals surface area contributed by atoms with Crippen LogP contribution >= 0.6 is 0 Å². The number of amides is 2. The van der Waals surface area contributed by atoms with E-state index in [1.165, 1.54) is 0 Å². The number of carbonyl (C=O) groups excluding carboxylic acids is 2. The molecule has 0 bridgehead atoms. The van der Waals surface area contributed by atoms with E-state index >= 15 is 0 Å². The minimum absolute atomic E-state index is 0.0146. The molecule has 2 rings (SSSR count). The molecular weight excluding hydrogens is 342 g/mol. The quantitative estimate of drug-likeness (QED) is 0.697. The van der Waals surface area contributed by atoms with Crippen molar-refractivity contribution in [3.63, 3.8) is 0 Å². The van der Waals surface area contributed by atoms with E-state index in [2.05, 4.69) is 5.32 Å². The molecule has 144 valence electrons. The van der Waals surface area contributed by atoms with Gasteiger partial charge in [-0.05, 0) is 24.6 Å². The van der Waals surface area contributed by atoms with E-state index in [-0.39, 0.29) is 24.9 Å². The monoisotopic (exact) mass is 370 g/mol. The molecule has 27 heavy (non-hydrogen) atoms. The summed E-state index contributed by atoms with van der Waals surface area (Å²) in [6.07, 6.45) is 0. The minimum atomic E-state index is -0.144. The van der Waals surface area contributed by atoms with Crippen LogP contribution in [0.15, 0.2) is 54.6 Å². The zero-order valence-corrected chi connectivity index (χ0v) is 16.2. The molecular formula is C21H28N3O3+. The third kappa shape index (κ3) is 6.42. The number of quaternary nitrogens is 1. The first-order valence-corrected chi connectivity index (χ1v) is 9.07. The summed E-state index contributed by atoms with van der Waals surface area (Å²) in [6.45, 7) is 3.71. The van der Waals surface area contributed by atoms with E-state index in [4.69, 9.17) is 4.74 Å². The van der Waals surface area contributed by atoms with Crippen LogP contribution in [0.5, 0.6) is 5.75 Å². The van der Waals surface area contributed by atoms with Crippen molar-refractivity contribution in [2.45, 2.75) is 13.5 Å². The van der Waals surface area contributed by atoms with Gasteiger partial charge in [-0.2, -0.15) is 0 Å². The summed E-state index contributed by atoms with van der Waals surface area (Å²) in [5, 5.41) is 2.86. The Kier molecular flexibility index (Phi) is 7.82. The molecule has 0 aliphatic rings. The van der Waals surface area contributed by atoms with Crippen LogP contribution in [0, 0.1) is 0 Å². The first kappa shape index (κ1) is 20.5. The summed E-state index contributed by atoms with van der Waals surface area (Å²) >= 11 is 0. The molecule has 0 radical (unpaired) electrons. The average molecular weight is 370 g/mol. The smallest absolute Gasteiger partial charge is 0.279 e. The molecule has 0 saturated carbocycles. The van der Waals surface area contributed by atoms with Gasteiger partial charge in [0.05, 0.1) is 19.3 Å². The van der Waals surface area contributed by atoms with Crippen LogP contribution in [0.2, 0.25) is 0 Å². The molecule has 0 spiro atoms. The van der Waals surface area contributed by atoms with E-state index in [0.717, 1.165) is 10.5 Å². The maximum absolute atomic E-state index is 12.5. The highest BCUT2D eigenvalue weighted by molar-refractivity contribution is 5.93. The van der Waals surface area contributed by atoms with Crippen LogP contribution < -0.4 is 15.0 Å². The number of ether oxygens (including phenoxy) is 1. The van der Waals surface area contributed by atoms with Crippen molar-refractivity contribution in [3.05, 3.63) is 60.2 Å². The Morgan fingerprint density at radius 1 is 1.04 bits per heavy atom. The first-order chi connectivity index (χ1) is 13.0. The number of hydrogen-bond donors (Lipinski definition) is 2. The third-order valence-corrected chi connectivity index (χ3v) is 4.38. The van der Waals surface area contributed by atoms with Gasteiger partial charge in [-0.1, -0.05) is 42.5 Å². The Morgan fingerprint density at radius 3 is 2.37 bits per heavy atom. The van der Waals surface area contributed by atoms with E-state index in [1.807, 2.05) is 49.4 Å². The molecule has 0 saturated heterocycles. The number of para-hydroxylation sites is 2. The van der Waals surface area contributed by atoms with Crippen LogP contribution in [0.25, 0.3) is 0 Å². The van der Waals surface area contributed by atoms with Gasteiger partial charge in [-0.25, -0.2) is 0 Å². The second-order valence-corrected chi connectivity index (χ2v) is 6.44. The van der Waals surface area contributed by atoms with Gasteiger partial charge in [0.1, 0.15) is 5.75 Å². The number of rotatable bonds is 9. The highest BCUT2D eigenvalue weighted by Crippen LogP contribution is 2.22. The fourth-order valence-electron chi connectivity index (χ4n) is 2.78. The lowest BCUT2D eigenvalue weighted by molar-refractivity contribution is -0.882. The zero-order chi connectivity index (χ0) is 19.6. The average Bonchev–Trinajstić information content (AvgIpc) is 2.68. The predicted octanol–water partition coefficient (Wildman–Crippen LogP) is 1.20. The SMILES string of the molecule is CC[NH+](CC(=O)Nc1ccccc1OC)CC(=O)N(C)Cc1ccccc1. The number of hydrogen-bond acceptors (Lipinski definition) is 3. The maximum Gasteiger partial charge on any atom is 0.279 e. The molecule has 0 aliphatic heterocycles. The second-order valence-electron chi connectivity index (χ2n) is 6.44. The van der Waals surface area contributed by atoms with Gasteiger partial charge >= 0.3 is 0 Å². The van der Waals surface area contributed by atoms with Crippen LogP contribution in [0.4, 0.5) is 5.69 Å². The molecule has 2 N–H and O–H groups in total. The summed E-state index contributed by atoms with van der Waals surface area (Å²) in [4.78, 5) is 27.5. The van der Waals surface area contributed by atoms with Crippen molar-refractivity contribution < 1.29 is 19.2 Å². The van der Waals surface area contributed by atoms with Gasteiger partial charge in [0.15, 0.2) is 13.1 Å². The largest absolute Gasteiger partial charge is 0.495 e. The fourth-order valence-corrected chi connectivity index (χ4v) is 2.78. The predicted molar refractivity (Wildman–Crippen MR) is 106 cm³/mol. The first-order valence-electron chi connectivity index (χ1n) is 9.07. The van der Waals surface area contributed by atoms with E-state index < -0.39 is 0 Å². The van der Waals surface area contributed by atoms with Crippen molar-refractivity contribution in [3.8, 4) is 5.75 Å². The van der Waals surface area contributed by atoms with Crippen LogP contribution in [0.3, 0.4) is 0 Å². The molecule has 1 unspecified atom stereocenters. The highest BCUT2D eigenvalue weighted by atomic mass is 16.5. The van der Waals surface area contributed by atoms with Crippen molar-refractivity contribution in [2.75, 3.05) is 39.1 Å². The lowest BCUT2D eigenvalue weighted by Crippen LogP contribution is -3.13. The van der Waals surface area contributed by atoms with Crippen LogP contribution in [-0.2, 0) is 16.1 Å². The summed E-state index contributed by atoms with van der Waals surface area (Å²) in [5.41, 5.74) is 1.72. The van der Waals surface area contributed by atoms with Crippen LogP contribution in [0.1, 0.15) is 12.5 Å². The van der Waals surface area contributed by atoms with Gasteiger partial charge in [-0.15, -0.1) is 0 Å². The molecule has 6 nitrogen and oxygen atoms in total. The normalized spacial score (nSPS) is 11.5. The molecule has 2 amide bonds. The molecule has 6 heteroatoms. The van der Waals surface area contributed by atoms with Gasteiger partial charge < -0.3 is 19.9 Å². The maximum atomic E-state index is 12.5. The van der Waals surface area contributed by atoms with Crippen molar-refractivity contribution in [1.82, 2.24) is 4.90 Å². The number of likely N-dealkylation sites (N-methyl/N-ethyl adjacent to an activating group) is 2. The summed E-state index contributed by atoms with van der Waals surface area (Å²) in [6, 6.07) is 17.1. The number of nitrogens with one attached hydrogen (secondary N) is 2. The lowest BCUT2D eigenvalue weighted by Gasteiger charge is -2.22. The van der Waals surface area contributed by atoms with E-state index in [0.29, 0.717) is 24.5 Å². The molecule has 0 fully saturated rings. The Hall–Kier alpha value is -2.86. The highest BCUT2D eigenvalue weighted by Gasteiger charge is 2.20. The Bertz CT molecular complexity index is 749. The number of carbonyl (C=O) groups is 2. The lowest BCUT2D eigenvalue weighted by atomic mass is 10.2. The summed E-state index contributed by atoms with van der Waals surface area (Å²) in [5.74, 6) is 0.484. The van der Waals surface area contributed by atoms with Gasteiger partial charge in [0.2, 0.25) is 0 Å². The zero-order valence-electron chi connectivity index (χ0n) is 16.2. The molecule has 0 aliphatic carbocycles. The van der Waals surface area contributed by atoms with Gasteiger partial charge in [0.25, 0.3) is 11.8 Å². The second kappa shape index (κ2) is 10.3. The molecule has 2 aromatic rings. The number of benzene rings is 2. The van der Waals surface area contributed by atoms with Gasteiger partial charge in [-0.3, -0.25) is 9.59 Å². The topological polar surface area (TPSA) is 63.1 Å². The van der Waals surface area contributed by atoms with Crippen molar-refractivity contribution in [2.24, 2.45) is 0 Å².